The van der Waals surface area contributed by atoms with E-state index in [-0.39, 0.29) is 5.41 Å². The van der Waals surface area contributed by atoms with Gasteiger partial charge in [-0.15, -0.1) is 0 Å². The van der Waals surface area contributed by atoms with Crippen LogP contribution in [0.2, 0.25) is 0 Å². The monoisotopic (exact) mass is 378 g/mol. The van der Waals surface area contributed by atoms with Gasteiger partial charge in [0.05, 0.1) is 0 Å². The van der Waals surface area contributed by atoms with E-state index >= 15 is 0 Å². The molecule has 1 atom stereocenters. The molecule has 0 aromatic heterocycles. The Kier molecular flexibility index (Phi) is 16.0. The van der Waals surface area contributed by atoms with E-state index in [1.165, 1.54) is 77.0 Å². The number of ketones is 1. The highest BCUT2D eigenvalue weighted by Gasteiger charge is 2.30. The van der Waals surface area contributed by atoms with Crippen LogP contribution in [0, 0.1) is 11.3 Å². The molecule has 0 amide bonds. The lowest BCUT2D eigenvalue weighted by molar-refractivity contribution is -0.124. The van der Waals surface area contributed by atoms with Crippen LogP contribution in [0.3, 0.4) is 0 Å². The highest BCUT2D eigenvalue weighted by atomic mass is 16.1. The van der Waals surface area contributed by atoms with Crippen molar-refractivity contribution >= 4 is 5.78 Å². The van der Waals surface area contributed by atoms with E-state index < -0.39 is 0 Å². The molecule has 1 nitrogen and oxygen atoms in total. The third kappa shape index (κ3) is 15.1. The van der Waals surface area contributed by atoms with E-state index in [9.17, 15) is 4.79 Å². The number of carbonyl (C=O) groups excluding carboxylic acids is 1. The molecule has 0 bridgehead atoms. The lowest BCUT2D eigenvalue weighted by Gasteiger charge is -2.28. The Morgan fingerprint density at radius 2 is 1.22 bits per heavy atom. The highest BCUT2D eigenvalue weighted by Crippen LogP contribution is 2.34. The van der Waals surface area contributed by atoms with E-state index in [0.29, 0.717) is 11.7 Å². The van der Waals surface area contributed by atoms with Crippen molar-refractivity contribution in [3.8, 4) is 0 Å². The summed E-state index contributed by atoms with van der Waals surface area (Å²) in [4.78, 5) is 12.7. The van der Waals surface area contributed by atoms with Crippen molar-refractivity contribution in [3.63, 3.8) is 0 Å². The van der Waals surface area contributed by atoms with Crippen LogP contribution in [0.15, 0.2) is 11.6 Å². The summed E-state index contributed by atoms with van der Waals surface area (Å²) in [5.74, 6) is 1.03. The summed E-state index contributed by atoms with van der Waals surface area (Å²) < 4.78 is 0. The summed E-state index contributed by atoms with van der Waals surface area (Å²) >= 11 is 0. The number of hydrogen-bond donors (Lipinski definition) is 0. The molecule has 1 heteroatoms. The fraction of sp³-hybridized carbons (Fsp3) is 0.885. The zero-order valence-electron chi connectivity index (χ0n) is 19.7. The second kappa shape index (κ2) is 16.4. The van der Waals surface area contributed by atoms with Crippen molar-refractivity contribution in [1.82, 2.24) is 0 Å². The molecule has 0 aromatic carbocycles. The SMILES string of the molecule is CCCCCCCCCCCCCCC(C)(CCC(C)C)C(=O)C=C(C)C. The molecule has 0 aliphatic carbocycles. The van der Waals surface area contributed by atoms with Gasteiger partial charge < -0.3 is 0 Å². The Bertz CT molecular complexity index is 389. The standard InChI is InChI=1S/C26H50O/c1-7-8-9-10-11-12-13-14-15-16-17-18-20-26(6,21-19-23(2)3)25(27)22-24(4)5/h22-23H,7-21H2,1-6H3. The first-order valence-corrected chi connectivity index (χ1v) is 12.0. The molecule has 0 saturated carbocycles. The Labute approximate surface area is 171 Å². The molecule has 0 aromatic rings. The summed E-state index contributed by atoms with van der Waals surface area (Å²) in [6, 6.07) is 0. The summed E-state index contributed by atoms with van der Waals surface area (Å²) in [7, 11) is 0. The topological polar surface area (TPSA) is 17.1 Å². The number of carbonyl (C=O) groups is 1. The maximum absolute atomic E-state index is 12.7. The minimum Gasteiger partial charge on any atom is -0.294 e. The second-order valence-corrected chi connectivity index (χ2v) is 9.72. The fourth-order valence-electron chi connectivity index (χ4n) is 3.77. The first-order chi connectivity index (χ1) is 12.8. The fourth-order valence-corrected chi connectivity index (χ4v) is 3.77. The lowest BCUT2D eigenvalue weighted by Crippen LogP contribution is -2.27. The Balaban J connectivity index is 3.96. The molecule has 0 rings (SSSR count). The Morgan fingerprint density at radius 1 is 0.778 bits per heavy atom. The summed E-state index contributed by atoms with van der Waals surface area (Å²) in [5.41, 5.74) is 0.977. The predicted octanol–water partition coefficient (Wildman–Crippen LogP) is 9.06. The maximum atomic E-state index is 12.7. The number of rotatable bonds is 18. The van der Waals surface area contributed by atoms with E-state index in [2.05, 4.69) is 27.7 Å². The van der Waals surface area contributed by atoms with Gasteiger partial charge in [0, 0.05) is 5.41 Å². The van der Waals surface area contributed by atoms with Gasteiger partial charge in [0.15, 0.2) is 5.78 Å². The maximum Gasteiger partial charge on any atom is 0.161 e. The van der Waals surface area contributed by atoms with Gasteiger partial charge in [-0.3, -0.25) is 4.79 Å². The Hall–Kier alpha value is -0.590. The van der Waals surface area contributed by atoms with Gasteiger partial charge in [0.25, 0.3) is 0 Å². The summed E-state index contributed by atoms with van der Waals surface area (Å²) in [5, 5.41) is 0. The van der Waals surface area contributed by atoms with Gasteiger partial charge in [-0.2, -0.15) is 0 Å². The van der Waals surface area contributed by atoms with Crippen LogP contribution >= 0.6 is 0 Å². The van der Waals surface area contributed by atoms with Crippen LogP contribution in [0.4, 0.5) is 0 Å². The Morgan fingerprint density at radius 3 is 1.63 bits per heavy atom. The van der Waals surface area contributed by atoms with Crippen LogP contribution in [-0.4, -0.2) is 5.78 Å². The number of unbranched alkanes of at least 4 members (excludes halogenated alkanes) is 11. The second-order valence-electron chi connectivity index (χ2n) is 9.72. The molecular weight excluding hydrogens is 328 g/mol. The smallest absolute Gasteiger partial charge is 0.161 e. The minimum atomic E-state index is -0.153. The van der Waals surface area contributed by atoms with Crippen molar-refractivity contribution in [1.29, 1.82) is 0 Å². The van der Waals surface area contributed by atoms with E-state index in [1.807, 2.05) is 19.9 Å². The molecule has 160 valence electrons. The van der Waals surface area contributed by atoms with Crippen LogP contribution in [0.5, 0.6) is 0 Å². The first-order valence-electron chi connectivity index (χ1n) is 12.0. The average molecular weight is 379 g/mol. The summed E-state index contributed by atoms with van der Waals surface area (Å²) in [6.45, 7) is 13.1. The number of hydrogen-bond acceptors (Lipinski definition) is 1. The molecule has 0 heterocycles. The summed E-state index contributed by atoms with van der Waals surface area (Å²) in [6.07, 6.45) is 21.6. The van der Waals surface area contributed by atoms with E-state index in [1.54, 1.807) is 0 Å². The van der Waals surface area contributed by atoms with Gasteiger partial charge in [-0.05, 0) is 38.7 Å². The van der Waals surface area contributed by atoms with Crippen molar-refractivity contribution in [2.45, 2.75) is 138 Å². The first kappa shape index (κ1) is 26.4. The average Bonchev–Trinajstić information content (AvgIpc) is 2.60. The minimum absolute atomic E-state index is 0.153. The third-order valence-electron chi connectivity index (χ3n) is 5.87. The molecule has 0 saturated heterocycles. The van der Waals surface area contributed by atoms with E-state index in [0.717, 1.165) is 24.8 Å². The zero-order valence-corrected chi connectivity index (χ0v) is 19.7. The van der Waals surface area contributed by atoms with Crippen molar-refractivity contribution in [2.75, 3.05) is 0 Å². The predicted molar refractivity (Wildman–Crippen MR) is 122 cm³/mol. The van der Waals surface area contributed by atoms with Crippen molar-refractivity contribution in [2.24, 2.45) is 11.3 Å². The zero-order chi connectivity index (χ0) is 20.5. The molecule has 1 unspecified atom stereocenters. The van der Waals surface area contributed by atoms with E-state index in [4.69, 9.17) is 0 Å². The van der Waals surface area contributed by atoms with Gasteiger partial charge in [0.1, 0.15) is 0 Å². The van der Waals surface area contributed by atoms with Crippen LogP contribution in [0.1, 0.15) is 138 Å². The lowest BCUT2D eigenvalue weighted by atomic mass is 9.75. The van der Waals surface area contributed by atoms with Crippen LogP contribution in [0.25, 0.3) is 0 Å². The van der Waals surface area contributed by atoms with Gasteiger partial charge >= 0.3 is 0 Å². The van der Waals surface area contributed by atoms with Gasteiger partial charge in [0.2, 0.25) is 0 Å². The molecule has 0 N–H and O–H groups in total. The largest absolute Gasteiger partial charge is 0.294 e. The van der Waals surface area contributed by atoms with Crippen LogP contribution < -0.4 is 0 Å². The van der Waals surface area contributed by atoms with Gasteiger partial charge in [-0.25, -0.2) is 0 Å². The normalized spacial score (nSPS) is 13.6. The molecule has 0 radical (unpaired) electrons. The van der Waals surface area contributed by atoms with Crippen molar-refractivity contribution < 1.29 is 4.79 Å². The third-order valence-corrected chi connectivity index (χ3v) is 5.87. The van der Waals surface area contributed by atoms with Crippen molar-refractivity contribution in [3.05, 3.63) is 11.6 Å². The number of allylic oxidation sites excluding steroid dienone is 2. The molecule has 0 aliphatic rings. The van der Waals surface area contributed by atoms with Gasteiger partial charge in [-0.1, -0.05) is 117 Å². The molecular formula is C26H50O. The highest BCUT2D eigenvalue weighted by molar-refractivity contribution is 5.94. The quantitative estimate of drug-likeness (QED) is 0.172. The molecule has 0 spiro atoms. The molecule has 0 fully saturated rings. The molecule has 0 aliphatic heterocycles. The van der Waals surface area contributed by atoms with Crippen LogP contribution in [-0.2, 0) is 4.79 Å². The molecule has 27 heavy (non-hydrogen) atoms.